The Morgan fingerprint density at radius 2 is 1.74 bits per heavy atom. The van der Waals surface area contributed by atoms with Gasteiger partial charge in [0.2, 0.25) is 10.0 Å². The minimum atomic E-state index is -4.05. The van der Waals surface area contributed by atoms with Crippen LogP contribution in [0.15, 0.2) is 65.8 Å². The van der Waals surface area contributed by atoms with E-state index >= 15 is 0 Å². The minimum absolute atomic E-state index is 0.0458. The molecule has 1 aromatic carbocycles. The quantitative estimate of drug-likeness (QED) is 0.414. The highest BCUT2D eigenvalue weighted by Gasteiger charge is 2.31. The lowest BCUT2D eigenvalue weighted by Gasteiger charge is -2.25. The molecule has 0 amide bonds. The van der Waals surface area contributed by atoms with Gasteiger partial charge in [-0.2, -0.15) is 4.31 Å². The molecule has 0 aliphatic heterocycles. The van der Waals surface area contributed by atoms with Gasteiger partial charge in [-0.25, -0.2) is 13.2 Å². The predicted molar refractivity (Wildman–Crippen MR) is 129 cm³/mol. The number of hydrogen-bond acceptors (Lipinski definition) is 8. The smallest absolute Gasteiger partial charge is 0.339 e. The van der Waals surface area contributed by atoms with Crippen molar-refractivity contribution in [2.75, 3.05) is 27.3 Å². The summed E-state index contributed by atoms with van der Waals surface area (Å²) in [5.74, 6) is -1.89. The van der Waals surface area contributed by atoms with Crippen molar-refractivity contribution < 1.29 is 27.5 Å². The summed E-state index contributed by atoms with van der Waals surface area (Å²) >= 11 is 0. The van der Waals surface area contributed by atoms with Crippen molar-refractivity contribution >= 4 is 22.0 Å². The molecule has 2 aromatic heterocycles. The molecule has 3 rings (SSSR count). The number of carbonyl (C=O) groups is 2. The first-order chi connectivity index (χ1) is 16.7. The van der Waals surface area contributed by atoms with Crippen LogP contribution in [-0.2, 0) is 24.3 Å². The van der Waals surface area contributed by atoms with Crippen molar-refractivity contribution in [3.05, 3.63) is 77.7 Å². The molecule has 0 aliphatic carbocycles. The maximum absolute atomic E-state index is 13.4. The van der Waals surface area contributed by atoms with Crippen LogP contribution in [0.25, 0.3) is 11.3 Å². The zero-order chi connectivity index (χ0) is 25.6. The third-order valence-electron chi connectivity index (χ3n) is 5.42. The highest BCUT2D eigenvalue weighted by Crippen LogP contribution is 2.27. The molecule has 1 unspecified atom stereocenters. The van der Waals surface area contributed by atoms with Crippen LogP contribution < -0.4 is 0 Å². The lowest BCUT2D eigenvalue weighted by molar-refractivity contribution is -0.140. The molecule has 0 fully saturated rings. The van der Waals surface area contributed by atoms with Gasteiger partial charge < -0.3 is 9.47 Å². The standard InChI is InChI=1S/C25H27N3O6S/c1-17-7-9-20(10-8-17)35(31,32)28(16-23(29)33-3)15-18(2)24-21(25(30)34-4)11-12-22(27-24)19-6-5-13-26-14-19/h5-14,18H,15-16H2,1-4H3. The van der Waals surface area contributed by atoms with Crippen molar-refractivity contribution in [2.24, 2.45) is 0 Å². The van der Waals surface area contributed by atoms with E-state index in [0.29, 0.717) is 11.4 Å². The van der Waals surface area contributed by atoms with Gasteiger partial charge in [0.25, 0.3) is 0 Å². The Hall–Kier alpha value is -3.63. The molecule has 3 aromatic rings. The molecule has 0 saturated carbocycles. The molecular weight excluding hydrogens is 470 g/mol. The summed E-state index contributed by atoms with van der Waals surface area (Å²) in [4.78, 5) is 33.4. The normalized spacial score (nSPS) is 12.3. The van der Waals surface area contributed by atoms with Crippen LogP contribution in [-0.4, -0.2) is 61.9 Å². The van der Waals surface area contributed by atoms with E-state index < -0.39 is 34.4 Å². The van der Waals surface area contributed by atoms with E-state index in [0.717, 1.165) is 15.4 Å². The second-order valence-corrected chi connectivity index (χ2v) is 9.89. The molecule has 35 heavy (non-hydrogen) atoms. The number of rotatable bonds is 9. The van der Waals surface area contributed by atoms with Crippen LogP contribution in [0.4, 0.5) is 0 Å². The number of aromatic nitrogens is 2. The van der Waals surface area contributed by atoms with Gasteiger partial charge in [-0.15, -0.1) is 0 Å². The van der Waals surface area contributed by atoms with E-state index in [9.17, 15) is 18.0 Å². The van der Waals surface area contributed by atoms with Gasteiger partial charge in [0.1, 0.15) is 6.54 Å². The first-order valence-electron chi connectivity index (χ1n) is 10.8. The summed E-state index contributed by atoms with van der Waals surface area (Å²) in [7, 11) is -1.60. The number of aryl methyl sites for hydroxylation is 1. The molecular formula is C25H27N3O6S. The van der Waals surface area contributed by atoms with Gasteiger partial charge in [-0.05, 0) is 43.3 Å². The fraction of sp³-hybridized carbons (Fsp3) is 0.280. The number of hydrogen-bond donors (Lipinski definition) is 0. The van der Waals surface area contributed by atoms with Crippen LogP contribution in [0.3, 0.4) is 0 Å². The number of methoxy groups -OCH3 is 2. The van der Waals surface area contributed by atoms with E-state index in [4.69, 9.17) is 9.47 Å². The second-order valence-electron chi connectivity index (χ2n) is 7.95. The second kappa shape index (κ2) is 11.2. The Balaban J connectivity index is 2.03. The largest absolute Gasteiger partial charge is 0.468 e. The van der Waals surface area contributed by atoms with Gasteiger partial charge in [-0.3, -0.25) is 14.8 Å². The van der Waals surface area contributed by atoms with Crippen LogP contribution in [0.5, 0.6) is 0 Å². The van der Waals surface area contributed by atoms with Crippen molar-refractivity contribution in [1.29, 1.82) is 0 Å². The monoisotopic (exact) mass is 497 g/mol. The summed E-state index contributed by atoms with van der Waals surface area (Å²) in [6.45, 7) is 2.96. The third-order valence-corrected chi connectivity index (χ3v) is 7.25. The molecule has 2 heterocycles. The molecule has 10 heteroatoms. The highest BCUT2D eigenvalue weighted by atomic mass is 32.2. The highest BCUT2D eigenvalue weighted by molar-refractivity contribution is 7.89. The van der Waals surface area contributed by atoms with E-state index in [-0.39, 0.29) is 17.0 Å². The Bertz CT molecular complexity index is 1290. The van der Waals surface area contributed by atoms with E-state index in [1.165, 1.54) is 26.4 Å². The molecule has 1 atom stereocenters. The average molecular weight is 498 g/mol. The van der Waals surface area contributed by atoms with Gasteiger partial charge in [0.05, 0.1) is 36.1 Å². The summed E-state index contributed by atoms with van der Waals surface area (Å²) in [5.41, 5.74) is 2.74. The van der Waals surface area contributed by atoms with Crippen molar-refractivity contribution in [1.82, 2.24) is 14.3 Å². The van der Waals surface area contributed by atoms with Gasteiger partial charge in [0, 0.05) is 30.4 Å². The van der Waals surface area contributed by atoms with Crippen molar-refractivity contribution in [3.63, 3.8) is 0 Å². The van der Waals surface area contributed by atoms with E-state index in [2.05, 4.69) is 9.97 Å². The number of benzene rings is 1. The number of esters is 2. The molecule has 0 spiro atoms. The topological polar surface area (TPSA) is 116 Å². The first kappa shape index (κ1) is 26.0. The summed E-state index contributed by atoms with van der Waals surface area (Å²) in [5, 5.41) is 0. The Labute approximate surface area is 204 Å². The molecule has 0 N–H and O–H groups in total. The number of nitrogens with zero attached hydrogens (tertiary/aromatic N) is 3. The van der Waals surface area contributed by atoms with Crippen LogP contribution >= 0.6 is 0 Å². The van der Waals surface area contributed by atoms with Crippen molar-refractivity contribution in [2.45, 2.75) is 24.7 Å². The average Bonchev–Trinajstić information content (AvgIpc) is 2.88. The van der Waals surface area contributed by atoms with Crippen molar-refractivity contribution in [3.8, 4) is 11.3 Å². The lowest BCUT2D eigenvalue weighted by atomic mass is 10.00. The summed E-state index contributed by atoms with van der Waals surface area (Å²) < 4.78 is 37.5. The summed E-state index contributed by atoms with van der Waals surface area (Å²) in [6.07, 6.45) is 3.27. The molecule has 184 valence electrons. The number of ether oxygens (including phenoxy) is 2. The SMILES string of the molecule is COC(=O)CN(CC(C)c1nc(-c2cccnc2)ccc1C(=O)OC)S(=O)(=O)c1ccc(C)cc1. The van der Waals surface area contributed by atoms with Gasteiger partial charge in [-0.1, -0.05) is 24.6 Å². The molecule has 0 radical (unpaired) electrons. The van der Waals surface area contributed by atoms with Gasteiger partial charge in [0.15, 0.2) is 0 Å². The van der Waals surface area contributed by atoms with Crippen LogP contribution in [0.2, 0.25) is 0 Å². The Kier molecular flexibility index (Phi) is 8.31. The number of pyridine rings is 2. The maximum atomic E-state index is 13.4. The zero-order valence-electron chi connectivity index (χ0n) is 20.0. The Morgan fingerprint density at radius 3 is 2.34 bits per heavy atom. The van der Waals surface area contributed by atoms with E-state index in [1.807, 2.05) is 13.0 Å². The van der Waals surface area contributed by atoms with Gasteiger partial charge >= 0.3 is 11.9 Å². The minimum Gasteiger partial charge on any atom is -0.468 e. The number of carbonyl (C=O) groups excluding carboxylic acids is 2. The third kappa shape index (κ3) is 6.09. The Morgan fingerprint density at radius 1 is 1.03 bits per heavy atom. The van der Waals surface area contributed by atoms with Crippen LogP contribution in [0.1, 0.15) is 34.5 Å². The predicted octanol–water partition coefficient (Wildman–Crippen LogP) is 3.21. The molecule has 0 saturated heterocycles. The fourth-order valence-electron chi connectivity index (χ4n) is 3.52. The lowest BCUT2D eigenvalue weighted by Crippen LogP contribution is -2.39. The maximum Gasteiger partial charge on any atom is 0.339 e. The van der Waals surface area contributed by atoms with Crippen LogP contribution in [0, 0.1) is 6.92 Å². The molecule has 0 aliphatic rings. The van der Waals surface area contributed by atoms with E-state index in [1.54, 1.807) is 49.6 Å². The first-order valence-corrected chi connectivity index (χ1v) is 12.2. The summed E-state index contributed by atoms with van der Waals surface area (Å²) in [6, 6.07) is 13.2. The molecule has 9 nitrogen and oxygen atoms in total. The fourth-order valence-corrected chi connectivity index (χ4v) is 4.99. The zero-order valence-corrected chi connectivity index (χ0v) is 20.8. The number of sulfonamides is 1. The molecule has 0 bridgehead atoms.